The van der Waals surface area contributed by atoms with Crippen molar-refractivity contribution in [1.29, 1.82) is 0 Å². The normalized spacial score (nSPS) is 16.1. The van der Waals surface area contributed by atoms with Gasteiger partial charge in [0.05, 0.1) is 25.5 Å². The van der Waals surface area contributed by atoms with Crippen LogP contribution in [0.2, 0.25) is 0 Å². The molecule has 26 heteroatoms. The number of nitrogens with one attached hydrogen (secondary N) is 7. The Bertz CT molecular complexity index is 2620. The summed E-state index contributed by atoms with van der Waals surface area (Å²) in [6, 6.07) is 5.48. The van der Waals surface area contributed by atoms with Gasteiger partial charge >= 0.3 is 17.9 Å². The van der Waals surface area contributed by atoms with Crippen molar-refractivity contribution < 1.29 is 83.4 Å². The third kappa shape index (κ3) is 19.5. The maximum Gasteiger partial charge on any atom is 0.326 e. The zero-order chi connectivity index (χ0) is 57.8. The molecule has 78 heavy (non-hydrogen) atoms. The monoisotopic (exact) mass is 1090 g/mol. The van der Waals surface area contributed by atoms with E-state index < -0.39 is 139 Å². The van der Waals surface area contributed by atoms with Gasteiger partial charge in [-0.3, -0.25) is 47.9 Å². The lowest BCUT2D eigenvalue weighted by Gasteiger charge is -2.30. The lowest BCUT2D eigenvalue weighted by Crippen LogP contribution is -2.61. The Balaban J connectivity index is 1.46. The highest BCUT2D eigenvalue weighted by atomic mass is 16.4. The van der Waals surface area contributed by atoms with Gasteiger partial charge in [-0.25, -0.2) is 4.79 Å². The number of hydrogen-bond acceptors (Lipinski definition) is 15. The van der Waals surface area contributed by atoms with Crippen molar-refractivity contribution in [3.05, 3.63) is 95.6 Å². The van der Waals surface area contributed by atoms with Crippen molar-refractivity contribution in [2.75, 3.05) is 13.2 Å². The summed E-state index contributed by atoms with van der Waals surface area (Å²) >= 11 is 0. The zero-order valence-electron chi connectivity index (χ0n) is 43.0. The fourth-order valence-electron chi connectivity index (χ4n) is 8.31. The van der Waals surface area contributed by atoms with Crippen molar-refractivity contribution in [2.24, 2.45) is 11.7 Å². The number of carboxylic acid groups (broad SMARTS) is 3. The van der Waals surface area contributed by atoms with Crippen LogP contribution in [0, 0.1) is 5.92 Å². The number of amides is 8. The van der Waals surface area contributed by atoms with E-state index in [2.05, 4.69) is 37.2 Å². The molecule has 422 valence electrons. The molecule has 9 atom stereocenters. The number of aliphatic carboxylic acids is 3. The fraction of sp³-hybridized carbons (Fsp3) is 0.442. The molecule has 0 bridgehead atoms. The van der Waals surface area contributed by atoms with E-state index in [0.29, 0.717) is 16.7 Å². The molecular weight excluding hydrogens is 1020 g/mol. The second-order valence-electron chi connectivity index (χ2n) is 19.2. The summed E-state index contributed by atoms with van der Waals surface area (Å²) in [5.41, 5.74) is 7.46. The van der Waals surface area contributed by atoms with Gasteiger partial charge in [-0.2, -0.15) is 0 Å². The molecule has 3 aromatic rings. The maximum atomic E-state index is 14.0. The van der Waals surface area contributed by atoms with Gasteiger partial charge in [0.25, 0.3) is 0 Å². The van der Waals surface area contributed by atoms with Crippen molar-refractivity contribution in [3.8, 4) is 11.5 Å². The average Bonchev–Trinajstić information content (AvgIpc) is 3.88. The van der Waals surface area contributed by atoms with Gasteiger partial charge in [0.2, 0.25) is 47.3 Å². The molecule has 1 aliphatic heterocycles. The van der Waals surface area contributed by atoms with Crippen LogP contribution in [0.3, 0.4) is 0 Å². The number of nitrogens with zero attached hydrogens (tertiary/aromatic N) is 1. The number of phenolic OH excluding ortho intramolecular Hbond substituents is 2. The third-order valence-electron chi connectivity index (χ3n) is 12.4. The minimum atomic E-state index is -1.89. The highest BCUT2D eigenvalue weighted by Gasteiger charge is 2.41. The lowest BCUT2D eigenvalue weighted by molar-refractivity contribution is -0.146. The number of carbonyl (C=O) groups is 11. The number of hydrogen-bond donors (Lipinski definition) is 14. The molecule has 1 saturated heterocycles. The molecule has 0 saturated carbocycles. The van der Waals surface area contributed by atoms with Crippen LogP contribution in [-0.2, 0) is 72.0 Å². The van der Waals surface area contributed by atoms with Crippen LogP contribution in [-0.4, -0.2) is 168 Å². The van der Waals surface area contributed by atoms with Gasteiger partial charge in [0.15, 0.2) is 0 Å². The molecule has 1 aliphatic rings. The van der Waals surface area contributed by atoms with Gasteiger partial charge in [0.1, 0.15) is 59.8 Å². The Kier molecular flexibility index (Phi) is 23.5. The van der Waals surface area contributed by atoms with E-state index in [1.807, 2.05) is 13.8 Å². The van der Waals surface area contributed by atoms with Crippen LogP contribution in [0.5, 0.6) is 11.5 Å². The second kappa shape index (κ2) is 29.6. The van der Waals surface area contributed by atoms with Crippen molar-refractivity contribution in [2.45, 2.75) is 127 Å². The number of benzene rings is 3. The van der Waals surface area contributed by atoms with Crippen LogP contribution in [0.4, 0.5) is 0 Å². The Labute approximate surface area is 447 Å². The number of nitrogens with two attached hydrogens (primary N) is 1. The van der Waals surface area contributed by atoms with E-state index in [-0.39, 0.29) is 62.5 Å². The van der Waals surface area contributed by atoms with Crippen LogP contribution in [0.15, 0.2) is 78.9 Å². The Hall–Kier alpha value is -8.65. The topological polar surface area (TPSA) is 423 Å². The molecule has 26 nitrogen and oxygen atoms in total. The Morgan fingerprint density at radius 3 is 1.46 bits per heavy atom. The van der Waals surface area contributed by atoms with Crippen molar-refractivity contribution in [1.82, 2.24) is 42.1 Å². The van der Waals surface area contributed by atoms with E-state index in [1.165, 1.54) is 55.5 Å². The number of carbonyl (C=O) groups excluding carboxylic acids is 8. The highest BCUT2D eigenvalue weighted by molar-refractivity contribution is 5.99. The summed E-state index contributed by atoms with van der Waals surface area (Å²) in [4.78, 5) is 146. The molecule has 1 fully saturated rings. The molecule has 0 radical (unpaired) electrons. The number of aromatic hydroxyl groups is 2. The molecule has 0 aliphatic carbocycles. The van der Waals surface area contributed by atoms with Crippen molar-refractivity contribution in [3.63, 3.8) is 0 Å². The van der Waals surface area contributed by atoms with E-state index in [0.717, 1.165) is 4.90 Å². The SMILES string of the molecule is CC(C)C[C@H](N)C(=O)N[C@@H](Cc1ccc(O)cc1)C(=O)N[C@@H](CO)C(=O)N[C@@H](CC(=O)O)C(=O)N1CCC[C@H]1C(=O)N[C@@H](C)C(=O)N[C@@H](CC(=O)O)C(=O)N[C@@H](Cc1ccc(O)cc1)C(=O)N[C@@H](Cc1ccccc1)C(=O)O. The third-order valence-corrected chi connectivity index (χ3v) is 12.4. The van der Waals surface area contributed by atoms with E-state index in [9.17, 15) is 83.4 Å². The minimum absolute atomic E-state index is 0.0107. The number of likely N-dealkylation sites (tertiary alicyclic amines) is 1. The maximum absolute atomic E-state index is 14.0. The largest absolute Gasteiger partial charge is 0.508 e. The first-order valence-corrected chi connectivity index (χ1v) is 24.9. The molecular formula is C52H67N9O17. The molecule has 1 heterocycles. The van der Waals surface area contributed by atoms with Gasteiger partial charge < -0.3 is 78.5 Å². The summed E-state index contributed by atoms with van der Waals surface area (Å²) < 4.78 is 0. The first kappa shape index (κ1) is 61.9. The predicted molar refractivity (Wildman–Crippen MR) is 274 cm³/mol. The first-order valence-electron chi connectivity index (χ1n) is 24.9. The van der Waals surface area contributed by atoms with Gasteiger partial charge in [-0.05, 0) is 73.1 Å². The molecule has 8 amide bonds. The average molecular weight is 1090 g/mol. The standard InChI is InChI=1S/C52H67N9O17/c1-27(2)20-34(53)45(70)56-35(21-30-11-15-32(63)16-12-30)47(72)60-40(26-62)49(74)58-38(25-43(67)68)51(76)61-19-7-10-41(61)50(75)54-28(3)44(69)55-37(24-42(65)66)48(73)57-36(22-31-13-17-33(64)18-14-31)46(71)59-39(52(77)78)23-29-8-5-4-6-9-29/h4-6,8-9,11-18,27-28,34-41,62-64H,7,10,19-26,53H2,1-3H3,(H,54,75)(H,55,69)(H,56,70)(H,57,73)(H,58,74)(H,59,71)(H,60,72)(H,65,66)(H,67,68)(H,77,78)/t28-,34-,35-,36-,37-,38-,39-,40-,41-/m0/s1. The second-order valence-corrected chi connectivity index (χ2v) is 19.2. The van der Waals surface area contributed by atoms with E-state index >= 15 is 0 Å². The van der Waals surface area contributed by atoms with Crippen LogP contribution in [0.1, 0.15) is 69.6 Å². The van der Waals surface area contributed by atoms with Gasteiger partial charge in [-0.15, -0.1) is 0 Å². The molecule has 0 unspecified atom stereocenters. The number of phenols is 2. The number of aliphatic hydroxyl groups excluding tert-OH is 1. The summed E-state index contributed by atoms with van der Waals surface area (Å²) in [6.45, 7) is 3.62. The quantitative estimate of drug-likeness (QED) is 0.0355. The van der Waals surface area contributed by atoms with Crippen LogP contribution in [0.25, 0.3) is 0 Å². The number of rotatable bonds is 29. The van der Waals surface area contributed by atoms with Crippen LogP contribution < -0.4 is 43.0 Å². The first-order chi connectivity index (χ1) is 36.8. The summed E-state index contributed by atoms with van der Waals surface area (Å²) in [6.07, 6.45) is -2.26. The lowest BCUT2D eigenvalue weighted by atomic mass is 10.0. The van der Waals surface area contributed by atoms with E-state index in [1.54, 1.807) is 30.3 Å². The summed E-state index contributed by atoms with van der Waals surface area (Å²) in [7, 11) is 0. The zero-order valence-corrected chi connectivity index (χ0v) is 43.0. The molecule has 0 spiro atoms. The molecule has 15 N–H and O–H groups in total. The van der Waals surface area contributed by atoms with Crippen LogP contribution >= 0.6 is 0 Å². The van der Waals surface area contributed by atoms with Gasteiger partial charge in [0, 0.05) is 25.8 Å². The smallest absolute Gasteiger partial charge is 0.326 e. The highest BCUT2D eigenvalue weighted by Crippen LogP contribution is 2.21. The molecule has 0 aromatic heterocycles. The summed E-state index contributed by atoms with van der Waals surface area (Å²) in [5, 5.41) is 75.7. The minimum Gasteiger partial charge on any atom is -0.508 e. The Morgan fingerprint density at radius 2 is 0.962 bits per heavy atom. The van der Waals surface area contributed by atoms with Crippen molar-refractivity contribution >= 4 is 65.2 Å². The number of aliphatic hydroxyl groups is 1. The molecule has 3 aromatic carbocycles. The molecule has 4 rings (SSSR count). The van der Waals surface area contributed by atoms with E-state index in [4.69, 9.17) is 5.73 Å². The Morgan fingerprint density at radius 1 is 0.538 bits per heavy atom. The number of carboxylic acids is 3. The summed E-state index contributed by atoms with van der Waals surface area (Å²) in [5.74, 6) is -12.9. The predicted octanol–water partition coefficient (Wildman–Crippen LogP) is -2.07. The fourth-order valence-corrected chi connectivity index (χ4v) is 8.31. The van der Waals surface area contributed by atoms with Gasteiger partial charge in [-0.1, -0.05) is 68.4 Å².